The molecular weight excluding hydrogens is 714 g/mol. The van der Waals surface area contributed by atoms with Crippen molar-refractivity contribution in [2.45, 2.75) is 37.4 Å². The van der Waals surface area contributed by atoms with E-state index in [1.807, 2.05) is 4.90 Å². The van der Waals surface area contributed by atoms with Gasteiger partial charge in [0.25, 0.3) is 5.91 Å². The van der Waals surface area contributed by atoms with Crippen LogP contribution in [0.3, 0.4) is 0 Å². The third kappa shape index (κ3) is 8.85. The molecule has 276 valence electrons. The highest BCUT2D eigenvalue weighted by Crippen LogP contribution is 2.37. The van der Waals surface area contributed by atoms with Crippen molar-refractivity contribution in [3.05, 3.63) is 71.0 Å². The zero-order chi connectivity index (χ0) is 38.1. The molecule has 3 amide bonds. The van der Waals surface area contributed by atoms with E-state index in [4.69, 9.17) is 15.6 Å². The first-order chi connectivity index (χ1) is 23.6. The van der Waals surface area contributed by atoms with E-state index < -0.39 is 50.9 Å². The standard InChI is InChI=1S/C29H31F3N6O5S.C2HF3O2/c1-3-36(24(39)17-35-13-11-22(16-35)44(2,42)43)19-7-9-20(10-8-19)37-14-12-23-25(28(37)41)38(34-26(23)29(30,31)32)21-6-4-5-18(15-21)27(33)40;3-2(4,5)1(6)7/h4-10,15,22H,3,11-14,16-17H2,1-2H3,(H2,33,40);(H,6,7). The first-order valence-corrected chi connectivity index (χ1v) is 17.1. The number of fused-ring (bicyclic) bond motifs is 1. The molecule has 51 heavy (non-hydrogen) atoms. The monoisotopic (exact) mass is 746 g/mol. The summed E-state index contributed by atoms with van der Waals surface area (Å²) < 4.78 is 98.2. The number of sulfone groups is 1. The molecule has 13 nitrogen and oxygen atoms in total. The Morgan fingerprint density at radius 1 is 1.02 bits per heavy atom. The van der Waals surface area contributed by atoms with Gasteiger partial charge in [0.15, 0.2) is 15.5 Å². The number of carboxylic acid groups (broad SMARTS) is 1. The van der Waals surface area contributed by atoms with Crippen molar-refractivity contribution in [3.8, 4) is 5.69 Å². The SMILES string of the molecule is CCN(C(=O)CN1CCC(S(C)(=O)=O)C1)c1ccc(N2CCc3c(C(F)(F)F)nn(-c4cccc(C(N)=O)c4)c3C2=O)cc1.O=C(O)C(F)(F)F. The molecular formula is C31H32F6N6O7S. The van der Waals surface area contributed by atoms with E-state index in [2.05, 4.69) is 5.10 Å². The fourth-order valence-corrected chi connectivity index (χ4v) is 6.71. The zero-order valence-electron chi connectivity index (χ0n) is 27.0. The quantitative estimate of drug-likeness (QED) is 0.328. The number of carbonyl (C=O) groups is 4. The molecule has 1 aromatic heterocycles. The number of carboxylic acids is 1. The Bertz CT molecular complexity index is 1930. The first-order valence-electron chi connectivity index (χ1n) is 15.2. The average molecular weight is 747 g/mol. The lowest BCUT2D eigenvalue weighted by atomic mass is 10.0. The number of benzene rings is 2. The number of nitrogens with two attached hydrogens (primary N) is 1. The van der Waals surface area contributed by atoms with E-state index in [-0.39, 0.29) is 47.9 Å². The molecule has 1 fully saturated rings. The number of aliphatic carboxylic acids is 1. The molecule has 1 unspecified atom stereocenters. The Morgan fingerprint density at radius 3 is 2.16 bits per heavy atom. The van der Waals surface area contributed by atoms with Gasteiger partial charge in [0.2, 0.25) is 11.8 Å². The molecule has 20 heteroatoms. The molecule has 2 aromatic carbocycles. The minimum atomic E-state index is -5.08. The fraction of sp³-hybridized carbons (Fsp3) is 0.387. The summed E-state index contributed by atoms with van der Waals surface area (Å²) in [6, 6.07) is 12.1. The third-order valence-electron chi connectivity index (χ3n) is 8.19. The minimum Gasteiger partial charge on any atom is -0.475 e. The predicted molar refractivity (Wildman–Crippen MR) is 170 cm³/mol. The number of hydrogen-bond acceptors (Lipinski definition) is 8. The van der Waals surface area contributed by atoms with E-state index in [1.165, 1.54) is 35.4 Å². The topological polar surface area (TPSA) is 176 Å². The molecule has 2 aliphatic rings. The third-order valence-corrected chi connectivity index (χ3v) is 9.78. The molecule has 0 radical (unpaired) electrons. The van der Waals surface area contributed by atoms with Crippen molar-refractivity contribution in [1.82, 2.24) is 14.7 Å². The second-order valence-electron chi connectivity index (χ2n) is 11.6. The van der Waals surface area contributed by atoms with Crippen LogP contribution in [-0.4, -0.2) is 102 Å². The van der Waals surface area contributed by atoms with Crippen LogP contribution in [0.4, 0.5) is 37.7 Å². The number of alkyl halides is 6. The highest BCUT2D eigenvalue weighted by atomic mass is 32.2. The fourth-order valence-electron chi connectivity index (χ4n) is 5.69. The van der Waals surface area contributed by atoms with Crippen molar-refractivity contribution >= 4 is 44.9 Å². The molecule has 5 rings (SSSR count). The Morgan fingerprint density at radius 2 is 1.65 bits per heavy atom. The minimum absolute atomic E-state index is 0.0336. The Kier molecular flexibility index (Phi) is 11.2. The molecule has 2 aliphatic heterocycles. The van der Waals surface area contributed by atoms with Crippen molar-refractivity contribution in [1.29, 1.82) is 0 Å². The van der Waals surface area contributed by atoms with Crippen molar-refractivity contribution in [3.63, 3.8) is 0 Å². The van der Waals surface area contributed by atoms with Crippen LogP contribution in [0.25, 0.3) is 5.69 Å². The number of aromatic nitrogens is 2. The van der Waals surface area contributed by atoms with Gasteiger partial charge >= 0.3 is 18.3 Å². The maximum absolute atomic E-state index is 13.9. The van der Waals surface area contributed by atoms with Gasteiger partial charge in [-0.15, -0.1) is 0 Å². The Hall–Kier alpha value is -4.98. The second kappa shape index (κ2) is 14.7. The summed E-state index contributed by atoms with van der Waals surface area (Å²) in [7, 11) is -3.20. The molecule has 3 heterocycles. The Labute approximate surface area is 287 Å². The van der Waals surface area contributed by atoms with Gasteiger partial charge in [0, 0.05) is 54.9 Å². The normalized spacial score (nSPS) is 16.7. The van der Waals surface area contributed by atoms with Gasteiger partial charge in [-0.3, -0.25) is 19.3 Å². The predicted octanol–water partition coefficient (Wildman–Crippen LogP) is 3.30. The largest absolute Gasteiger partial charge is 0.490 e. The number of carbonyl (C=O) groups excluding carboxylic acids is 3. The molecule has 0 bridgehead atoms. The van der Waals surface area contributed by atoms with E-state index in [9.17, 15) is 49.1 Å². The van der Waals surface area contributed by atoms with Crippen LogP contribution in [0.5, 0.6) is 0 Å². The number of amides is 3. The highest BCUT2D eigenvalue weighted by molar-refractivity contribution is 7.91. The van der Waals surface area contributed by atoms with Crippen LogP contribution in [0, 0.1) is 0 Å². The van der Waals surface area contributed by atoms with Gasteiger partial charge in [-0.05, 0) is 62.2 Å². The van der Waals surface area contributed by atoms with E-state index >= 15 is 0 Å². The molecule has 0 aliphatic carbocycles. The molecule has 1 saturated heterocycles. The second-order valence-corrected chi connectivity index (χ2v) is 14.0. The maximum atomic E-state index is 13.9. The number of nitrogens with zero attached hydrogens (tertiary/aromatic N) is 5. The molecule has 3 aromatic rings. The number of rotatable bonds is 8. The van der Waals surface area contributed by atoms with E-state index in [0.29, 0.717) is 37.4 Å². The zero-order valence-corrected chi connectivity index (χ0v) is 27.8. The van der Waals surface area contributed by atoms with Gasteiger partial charge in [0.1, 0.15) is 5.69 Å². The van der Waals surface area contributed by atoms with Crippen LogP contribution in [0.15, 0.2) is 48.5 Å². The summed E-state index contributed by atoms with van der Waals surface area (Å²) in [6.07, 6.45) is -8.34. The summed E-state index contributed by atoms with van der Waals surface area (Å²) in [5.74, 6) is -4.46. The van der Waals surface area contributed by atoms with E-state index in [0.717, 1.165) is 4.68 Å². The number of likely N-dealkylation sites (N-methyl/N-ethyl adjacent to an activating group) is 1. The van der Waals surface area contributed by atoms with Gasteiger partial charge < -0.3 is 20.6 Å². The molecule has 0 spiro atoms. The van der Waals surface area contributed by atoms with Gasteiger partial charge in [0.05, 0.1) is 17.5 Å². The maximum Gasteiger partial charge on any atom is 0.490 e. The summed E-state index contributed by atoms with van der Waals surface area (Å²) in [5, 5.41) is 10.4. The van der Waals surface area contributed by atoms with Crippen molar-refractivity contribution < 1.29 is 59.0 Å². The molecule has 3 N–H and O–H groups in total. The van der Waals surface area contributed by atoms with Crippen LogP contribution in [0.2, 0.25) is 0 Å². The number of primary amides is 1. The molecule has 0 saturated carbocycles. The first kappa shape index (κ1) is 38.8. The van der Waals surface area contributed by atoms with Crippen molar-refractivity contribution in [2.24, 2.45) is 5.73 Å². The van der Waals surface area contributed by atoms with Crippen LogP contribution < -0.4 is 15.5 Å². The number of anilines is 2. The highest BCUT2D eigenvalue weighted by Gasteiger charge is 2.43. The van der Waals surface area contributed by atoms with Crippen LogP contribution in [-0.2, 0) is 32.0 Å². The van der Waals surface area contributed by atoms with Crippen LogP contribution in [0.1, 0.15) is 45.4 Å². The van der Waals surface area contributed by atoms with E-state index in [1.54, 1.807) is 36.1 Å². The molecule has 1 atom stereocenters. The van der Waals surface area contributed by atoms with Crippen molar-refractivity contribution in [2.75, 3.05) is 48.8 Å². The van der Waals surface area contributed by atoms with Gasteiger partial charge in [-0.25, -0.2) is 17.9 Å². The summed E-state index contributed by atoms with van der Waals surface area (Å²) in [5.41, 5.74) is 4.78. The lowest BCUT2D eigenvalue weighted by molar-refractivity contribution is -0.192. The van der Waals surface area contributed by atoms with Crippen LogP contribution >= 0.6 is 0 Å². The Balaban J connectivity index is 0.000000755. The lowest BCUT2D eigenvalue weighted by Crippen LogP contribution is -2.40. The summed E-state index contributed by atoms with van der Waals surface area (Å²) in [4.78, 5) is 52.2. The smallest absolute Gasteiger partial charge is 0.475 e. The van der Waals surface area contributed by atoms with Gasteiger partial charge in [-0.2, -0.15) is 31.4 Å². The number of likely N-dealkylation sites (tertiary alicyclic amines) is 1. The summed E-state index contributed by atoms with van der Waals surface area (Å²) in [6.45, 7) is 2.96. The number of halogens is 6. The summed E-state index contributed by atoms with van der Waals surface area (Å²) >= 11 is 0. The average Bonchev–Trinajstić information content (AvgIpc) is 3.68. The van der Waals surface area contributed by atoms with Gasteiger partial charge in [-0.1, -0.05) is 6.07 Å². The number of hydrogen-bond donors (Lipinski definition) is 2. The lowest BCUT2D eigenvalue weighted by Gasteiger charge is -2.29.